The van der Waals surface area contributed by atoms with Crippen molar-refractivity contribution in [1.29, 1.82) is 0 Å². The molecule has 114 valence electrons. The van der Waals surface area contributed by atoms with Crippen molar-refractivity contribution < 1.29 is 9.53 Å². The van der Waals surface area contributed by atoms with Crippen molar-refractivity contribution >= 4 is 11.6 Å². The summed E-state index contributed by atoms with van der Waals surface area (Å²) in [5.74, 6) is 1.27. The molecule has 5 nitrogen and oxygen atoms in total. The van der Waals surface area contributed by atoms with Gasteiger partial charge >= 0.3 is 0 Å². The first-order chi connectivity index (χ1) is 10.1. The van der Waals surface area contributed by atoms with Crippen molar-refractivity contribution in [1.82, 2.24) is 14.7 Å². The average molecular weight is 289 g/mol. The van der Waals surface area contributed by atoms with Gasteiger partial charge in [0.15, 0.2) is 11.4 Å². The molecule has 0 aliphatic rings. The Balaban J connectivity index is 1.97. The van der Waals surface area contributed by atoms with Crippen LogP contribution in [0.3, 0.4) is 0 Å². The molecule has 0 aliphatic heterocycles. The molecule has 5 heteroatoms. The molecule has 1 amide bonds. The van der Waals surface area contributed by atoms with Gasteiger partial charge in [-0.05, 0) is 25.0 Å². The van der Waals surface area contributed by atoms with Gasteiger partial charge in [0, 0.05) is 31.8 Å². The molecule has 0 bridgehead atoms. The second-order valence-electron chi connectivity index (χ2n) is 5.47. The van der Waals surface area contributed by atoms with E-state index < -0.39 is 0 Å². The van der Waals surface area contributed by atoms with E-state index in [1.54, 1.807) is 0 Å². The summed E-state index contributed by atoms with van der Waals surface area (Å²) in [5.41, 5.74) is 1.77. The number of imidazole rings is 1. The quantitative estimate of drug-likeness (QED) is 0.851. The van der Waals surface area contributed by atoms with Crippen LogP contribution in [0.25, 0.3) is 5.65 Å². The number of rotatable bonds is 7. The van der Waals surface area contributed by atoms with Crippen LogP contribution < -0.4 is 10.1 Å². The number of carbonyl (C=O) groups is 1. The fourth-order valence-electron chi connectivity index (χ4n) is 2.20. The number of ether oxygens (including phenoxy) is 1. The monoisotopic (exact) mass is 289 g/mol. The first-order valence-electron chi connectivity index (χ1n) is 7.46. The van der Waals surface area contributed by atoms with Crippen LogP contribution in [-0.2, 0) is 11.2 Å². The number of pyridine rings is 1. The van der Waals surface area contributed by atoms with Crippen LogP contribution in [0.15, 0.2) is 24.5 Å². The largest absolute Gasteiger partial charge is 0.490 e. The van der Waals surface area contributed by atoms with Gasteiger partial charge in [-0.2, -0.15) is 0 Å². The Hall–Kier alpha value is -2.04. The predicted molar refractivity (Wildman–Crippen MR) is 82.5 cm³/mol. The van der Waals surface area contributed by atoms with Gasteiger partial charge in [0.2, 0.25) is 5.91 Å². The topological polar surface area (TPSA) is 55.6 Å². The van der Waals surface area contributed by atoms with Crippen LogP contribution >= 0.6 is 0 Å². The highest BCUT2D eigenvalue weighted by molar-refractivity contribution is 5.76. The van der Waals surface area contributed by atoms with Gasteiger partial charge in [-0.25, -0.2) is 4.98 Å². The van der Waals surface area contributed by atoms with E-state index in [1.165, 1.54) is 0 Å². The summed E-state index contributed by atoms with van der Waals surface area (Å²) < 4.78 is 7.52. The maximum Gasteiger partial charge on any atom is 0.220 e. The number of carbonyl (C=O) groups excluding carboxylic acids is 1. The second-order valence-corrected chi connectivity index (χ2v) is 5.47. The highest BCUT2D eigenvalue weighted by Crippen LogP contribution is 2.18. The Morgan fingerprint density at radius 3 is 3.00 bits per heavy atom. The summed E-state index contributed by atoms with van der Waals surface area (Å²) in [7, 11) is 0. The Morgan fingerprint density at radius 1 is 1.48 bits per heavy atom. The average Bonchev–Trinajstić information content (AvgIpc) is 2.82. The molecule has 0 aromatic carbocycles. The smallest absolute Gasteiger partial charge is 0.220 e. The zero-order valence-electron chi connectivity index (χ0n) is 12.9. The highest BCUT2D eigenvalue weighted by atomic mass is 16.5. The summed E-state index contributed by atoms with van der Waals surface area (Å²) >= 11 is 0. The molecule has 0 aliphatic carbocycles. The molecule has 21 heavy (non-hydrogen) atoms. The van der Waals surface area contributed by atoms with Crippen LogP contribution in [0.4, 0.5) is 0 Å². The van der Waals surface area contributed by atoms with Crippen LogP contribution in [-0.4, -0.2) is 28.4 Å². The molecule has 0 radical (unpaired) electrons. The fourth-order valence-corrected chi connectivity index (χ4v) is 2.20. The lowest BCUT2D eigenvalue weighted by Gasteiger charge is -2.05. The number of aromatic nitrogens is 2. The third-order valence-corrected chi connectivity index (χ3v) is 3.09. The molecule has 1 N–H and O–H groups in total. The molecular weight excluding hydrogens is 266 g/mol. The Labute approximate surface area is 125 Å². The van der Waals surface area contributed by atoms with Gasteiger partial charge in [0.1, 0.15) is 0 Å². The van der Waals surface area contributed by atoms with E-state index in [0.29, 0.717) is 25.5 Å². The lowest BCUT2D eigenvalue weighted by Crippen LogP contribution is -2.26. The first-order valence-corrected chi connectivity index (χ1v) is 7.46. The summed E-state index contributed by atoms with van der Waals surface area (Å²) in [6, 6.07) is 3.86. The zero-order chi connectivity index (χ0) is 15.2. The molecule has 0 saturated carbocycles. The Kier molecular flexibility index (Phi) is 5.20. The van der Waals surface area contributed by atoms with Crippen molar-refractivity contribution in [2.45, 2.75) is 33.6 Å². The van der Waals surface area contributed by atoms with Gasteiger partial charge < -0.3 is 14.5 Å². The SMILES string of the molecule is CCOc1cccn2cc(CCNC(=O)CC(C)C)nc12. The van der Waals surface area contributed by atoms with Gasteiger partial charge in [-0.3, -0.25) is 4.79 Å². The van der Waals surface area contributed by atoms with Gasteiger partial charge in [0.25, 0.3) is 0 Å². The van der Waals surface area contributed by atoms with E-state index in [2.05, 4.69) is 10.3 Å². The Morgan fingerprint density at radius 2 is 2.29 bits per heavy atom. The molecule has 2 aromatic rings. The van der Waals surface area contributed by atoms with Crippen LogP contribution in [0.2, 0.25) is 0 Å². The number of amides is 1. The van der Waals surface area contributed by atoms with E-state index in [0.717, 1.165) is 23.5 Å². The normalized spacial score (nSPS) is 11.0. The number of nitrogens with one attached hydrogen (secondary N) is 1. The van der Waals surface area contributed by atoms with Crippen molar-refractivity contribution in [2.75, 3.05) is 13.2 Å². The van der Waals surface area contributed by atoms with E-state index in [-0.39, 0.29) is 5.91 Å². The van der Waals surface area contributed by atoms with Crippen LogP contribution in [0.1, 0.15) is 32.9 Å². The van der Waals surface area contributed by atoms with Crippen molar-refractivity contribution in [3.05, 3.63) is 30.2 Å². The standard InChI is InChI=1S/C16H23N3O2/c1-4-21-14-6-5-9-19-11-13(18-16(14)19)7-8-17-15(20)10-12(2)3/h5-6,9,11-12H,4,7-8,10H2,1-3H3,(H,17,20). The zero-order valence-corrected chi connectivity index (χ0v) is 12.9. The molecule has 0 saturated heterocycles. The minimum Gasteiger partial charge on any atom is -0.490 e. The van der Waals surface area contributed by atoms with Crippen molar-refractivity contribution in [3.8, 4) is 5.75 Å². The number of hydrogen-bond donors (Lipinski definition) is 1. The molecular formula is C16H23N3O2. The van der Waals surface area contributed by atoms with Gasteiger partial charge in [0.05, 0.1) is 12.3 Å². The maximum absolute atomic E-state index is 11.6. The highest BCUT2D eigenvalue weighted by Gasteiger charge is 2.08. The van der Waals surface area contributed by atoms with E-state index in [9.17, 15) is 4.79 Å². The molecule has 2 aromatic heterocycles. The maximum atomic E-state index is 11.6. The van der Waals surface area contributed by atoms with E-state index in [1.807, 2.05) is 49.7 Å². The number of fused-ring (bicyclic) bond motifs is 1. The summed E-state index contributed by atoms with van der Waals surface area (Å²) in [4.78, 5) is 16.2. The second kappa shape index (κ2) is 7.11. The molecule has 2 heterocycles. The van der Waals surface area contributed by atoms with Crippen molar-refractivity contribution in [3.63, 3.8) is 0 Å². The lowest BCUT2D eigenvalue weighted by atomic mass is 10.1. The third-order valence-electron chi connectivity index (χ3n) is 3.09. The first kappa shape index (κ1) is 15.4. The minimum absolute atomic E-state index is 0.101. The minimum atomic E-state index is 0.101. The van der Waals surface area contributed by atoms with Gasteiger partial charge in [-0.15, -0.1) is 0 Å². The van der Waals surface area contributed by atoms with E-state index in [4.69, 9.17) is 4.74 Å². The summed E-state index contributed by atoms with van der Waals surface area (Å²) in [6.45, 7) is 7.26. The van der Waals surface area contributed by atoms with Crippen LogP contribution in [0.5, 0.6) is 5.75 Å². The van der Waals surface area contributed by atoms with Crippen LogP contribution in [0, 0.1) is 5.92 Å². The summed E-state index contributed by atoms with van der Waals surface area (Å²) in [5, 5.41) is 2.93. The molecule has 0 atom stereocenters. The fraction of sp³-hybridized carbons (Fsp3) is 0.500. The number of nitrogens with zero attached hydrogens (tertiary/aromatic N) is 2. The van der Waals surface area contributed by atoms with Gasteiger partial charge in [-0.1, -0.05) is 13.8 Å². The third kappa shape index (κ3) is 4.21. The molecule has 0 unspecified atom stereocenters. The lowest BCUT2D eigenvalue weighted by molar-refractivity contribution is -0.121. The molecule has 0 fully saturated rings. The predicted octanol–water partition coefficient (Wildman–Crippen LogP) is 2.44. The summed E-state index contributed by atoms with van der Waals surface area (Å²) in [6.07, 6.45) is 5.22. The number of hydrogen-bond acceptors (Lipinski definition) is 3. The van der Waals surface area contributed by atoms with Crippen molar-refractivity contribution in [2.24, 2.45) is 5.92 Å². The molecule has 2 rings (SSSR count). The van der Waals surface area contributed by atoms with E-state index >= 15 is 0 Å². The Bertz CT molecular complexity index is 605. The molecule has 0 spiro atoms.